The van der Waals surface area contributed by atoms with Gasteiger partial charge in [0.15, 0.2) is 5.82 Å². The molecule has 3 aromatic heterocycles. The van der Waals surface area contributed by atoms with Crippen LogP contribution in [0.5, 0.6) is 0 Å². The number of pyridine rings is 2. The number of hydrogen-bond donors (Lipinski definition) is 1. The number of nitrogens with zero attached hydrogens (tertiary/aromatic N) is 6. The Labute approximate surface area is 168 Å². The number of hydrogen-bond acceptors (Lipinski definition) is 6. The summed E-state index contributed by atoms with van der Waals surface area (Å²) in [4.78, 5) is 34.5. The third-order valence-corrected chi connectivity index (χ3v) is 5.54. The first-order valence-corrected chi connectivity index (χ1v) is 9.74. The number of piperidine rings is 1. The summed E-state index contributed by atoms with van der Waals surface area (Å²) < 4.78 is 0. The molecule has 2 aliphatic heterocycles. The van der Waals surface area contributed by atoms with E-state index in [1.807, 2.05) is 25.3 Å². The van der Waals surface area contributed by atoms with Crippen LogP contribution in [0.2, 0.25) is 0 Å². The molecular formula is C21H21N7O. The van der Waals surface area contributed by atoms with Gasteiger partial charge in [-0.05, 0) is 49.6 Å². The fourth-order valence-electron chi connectivity index (χ4n) is 4.10. The number of anilines is 3. The van der Waals surface area contributed by atoms with Gasteiger partial charge in [0.1, 0.15) is 12.1 Å². The lowest BCUT2D eigenvalue weighted by molar-refractivity contribution is 0.252. The molecule has 146 valence electrons. The van der Waals surface area contributed by atoms with Crippen molar-refractivity contribution in [1.29, 1.82) is 0 Å². The van der Waals surface area contributed by atoms with Gasteiger partial charge < -0.3 is 4.90 Å². The molecule has 1 atom stereocenters. The highest BCUT2D eigenvalue weighted by Gasteiger charge is 2.38. The molecule has 8 nitrogen and oxygen atoms in total. The fraction of sp³-hybridized carbons (Fsp3) is 0.286. The second-order valence-corrected chi connectivity index (χ2v) is 7.37. The largest absolute Gasteiger partial charge is 0.366 e. The molecule has 0 spiro atoms. The minimum atomic E-state index is -0.218. The Balaban J connectivity index is 1.57. The molecule has 29 heavy (non-hydrogen) atoms. The third kappa shape index (κ3) is 3.16. The maximum absolute atomic E-state index is 13.2. The SMILES string of the molecule is Cc1ccncc1-c1ccc2c(n1)N(C(=O)Nc1ccncn1)[C@H]1CCCN2C1. The Morgan fingerprint density at radius 1 is 1.17 bits per heavy atom. The first-order valence-electron chi connectivity index (χ1n) is 9.74. The Bertz CT molecular complexity index is 1060. The van der Waals surface area contributed by atoms with Crippen molar-refractivity contribution in [2.75, 3.05) is 28.2 Å². The normalized spacial score (nSPS) is 17.6. The molecule has 0 aliphatic carbocycles. The summed E-state index contributed by atoms with van der Waals surface area (Å²) in [5.74, 6) is 1.16. The monoisotopic (exact) mass is 387 g/mol. The maximum Gasteiger partial charge on any atom is 0.329 e. The van der Waals surface area contributed by atoms with Crippen LogP contribution in [0.1, 0.15) is 18.4 Å². The van der Waals surface area contributed by atoms with Gasteiger partial charge in [0.05, 0.1) is 17.4 Å². The summed E-state index contributed by atoms with van der Waals surface area (Å²) in [6.45, 7) is 3.84. The Morgan fingerprint density at radius 2 is 2.07 bits per heavy atom. The standard InChI is InChI=1S/C21H21N7O/c1-14-6-8-22-11-16(14)17-4-5-18-20(25-17)28(15-3-2-10-27(18)12-15)21(29)26-19-7-9-23-13-24-19/h4-9,11,13,15H,2-3,10,12H2,1H3,(H,23,24,26,29)/t15-/m0/s1. The number of carbonyl (C=O) groups is 1. The number of amides is 2. The average Bonchev–Trinajstić information content (AvgIpc) is 2.75. The summed E-state index contributed by atoms with van der Waals surface area (Å²) in [7, 11) is 0. The molecule has 5 heterocycles. The predicted molar refractivity (Wildman–Crippen MR) is 111 cm³/mol. The highest BCUT2D eigenvalue weighted by Crippen LogP contribution is 2.39. The van der Waals surface area contributed by atoms with Crippen LogP contribution in [0.15, 0.2) is 49.2 Å². The molecule has 2 aliphatic rings. The van der Waals surface area contributed by atoms with E-state index >= 15 is 0 Å². The van der Waals surface area contributed by atoms with Gasteiger partial charge in [0.2, 0.25) is 0 Å². The number of fused-ring (bicyclic) bond motifs is 4. The van der Waals surface area contributed by atoms with Crippen molar-refractivity contribution in [3.8, 4) is 11.3 Å². The van der Waals surface area contributed by atoms with Crippen molar-refractivity contribution in [3.05, 3.63) is 54.7 Å². The van der Waals surface area contributed by atoms with Crippen molar-refractivity contribution in [3.63, 3.8) is 0 Å². The topological polar surface area (TPSA) is 87.1 Å². The van der Waals surface area contributed by atoms with Crippen molar-refractivity contribution >= 4 is 23.4 Å². The van der Waals surface area contributed by atoms with Crippen LogP contribution in [0.25, 0.3) is 11.3 Å². The second kappa shape index (κ2) is 7.12. The van der Waals surface area contributed by atoms with Crippen molar-refractivity contribution in [1.82, 2.24) is 19.9 Å². The quantitative estimate of drug-likeness (QED) is 0.726. The summed E-state index contributed by atoms with van der Waals surface area (Å²) in [6.07, 6.45) is 8.62. The van der Waals surface area contributed by atoms with E-state index in [-0.39, 0.29) is 12.1 Å². The number of rotatable bonds is 2. The van der Waals surface area contributed by atoms with Gasteiger partial charge in [-0.2, -0.15) is 0 Å². The van der Waals surface area contributed by atoms with Gasteiger partial charge in [0, 0.05) is 37.2 Å². The van der Waals surface area contributed by atoms with Crippen LogP contribution in [-0.2, 0) is 0 Å². The molecule has 8 heteroatoms. The van der Waals surface area contributed by atoms with E-state index in [2.05, 4.69) is 31.2 Å². The minimum absolute atomic E-state index is 0.0795. The molecular weight excluding hydrogens is 366 g/mol. The third-order valence-electron chi connectivity index (χ3n) is 5.54. The summed E-state index contributed by atoms with van der Waals surface area (Å²) >= 11 is 0. The van der Waals surface area contributed by atoms with E-state index in [4.69, 9.17) is 4.98 Å². The summed E-state index contributed by atoms with van der Waals surface area (Å²) in [6, 6.07) is 7.59. The molecule has 2 amide bonds. The predicted octanol–water partition coefficient (Wildman–Crippen LogP) is 3.26. The maximum atomic E-state index is 13.2. The first kappa shape index (κ1) is 17.5. The van der Waals surface area contributed by atoms with Gasteiger partial charge in [-0.3, -0.25) is 15.2 Å². The Kier molecular flexibility index (Phi) is 4.31. The molecule has 0 aromatic carbocycles. The first-order chi connectivity index (χ1) is 14.2. The second-order valence-electron chi connectivity index (χ2n) is 7.37. The van der Waals surface area contributed by atoms with Gasteiger partial charge in [-0.25, -0.2) is 19.7 Å². The molecule has 1 fully saturated rings. The van der Waals surface area contributed by atoms with E-state index < -0.39 is 0 Å². The highest BCUT2D eigenvalue weighted by atomic mass is 16.2. The molecule has 2 bridgehead atoms. The zero-order valence-electron chi connectivity index (χ0n) is 16.1. The Morgan fingerprint density at radius 3 is 2.90 bits per heavy atom. The number of aromatic nitrogens is 4. The molecule has 5 rings (SSSR count). The smallest absolute Gasteiger partial charge is 0.329 e. The van der Waals surface area contributed by atoms with Crippen LogP contribution in [-0.4, -0.2) is 45.1 Å². The van der Waals surface area contributed by atoms with Gasteiger partial charge in [-0.1, -0.05) is 0 Å². The number of urea groups is 1. The molecule has 3 aromatic rings. The van der Waals surface area contributed by atoms with Crippen LogP contribution in [0, 0.1) is 6.92 Å². The number of aryl methyl sites for hydroxylation is 1. The lowest BCUT2D eigenvalue weighted by atomic mass is 9.99. The van der Waals surface area contributed by atoms with Gasteiger partial charge in [-0.15, -0.1) is 0 Å². The van der Waals surface area contributed by atoms with E-state index in [1.54, 1.807) is 23.4 Å². The van der Waals surface area contributed by atoms with Gasteiger partial charge in [0.25, 0.3) is 0 Å². The Hall–Kier alpha value is -3.55. The van der Waals surface area contributed by atoms with E-state index in [0.717, 1.165) is 48.4 Å². The van der Waals surface area contributed by atoms with Crippen molar-refractivity contribution < 1.29 is 4.79 Å². The average molecular weight is 387 g/mol. The minimum Gasteiger partial charge on any atom is -0.366 e. The number of nitrogens with one attached hydrogen (secondary N) is 1. The zero-order chi connectivity index (χ0) is 19.8. The van der Waals surface area contributed by atoms with E-state index in [9.17, 15) is 4.79 Å². The van der Waals surface area contributed by atoms with E-state index in [1.165, 1.54) is 6.33 Å². The van der Waals surface area contributed by atoms with Crippen LogP contribution in [0.4, 0.5) is 22.1 Å². The van der Waals surface area contributed by atoms with E-state index in [0.29, 0.717) is 11.6 Å². The summed E-state index contributed by atoms with van der Waals surface area (Å²) in [5.41, 5.74) is 3.87. The van der Waals surface area contributed by atoms with Crippen LogP contribution < -0.4 is 15.1 Å². The van der Waals surface area contributed by atoms with Gasteiger partial charge >= 0.3 is 6.03 Å². The molecule has 1 N–H and O–H groups in total. The highest BCUT2D eigenvalue weighted by molar-refractivity contribution is 6.04. The van der Waals surface area contributed by atoms with Crippen LogP contribution >= 0.6 is 0 Å². The zero-order valence-corrected chi connectivity index (χ0v) is 16.1. The summed E-state index contributed by atoms with van der Waals surface area (Å²) in [5, 5.41) is 2.89. The van der Waals surface area contributed by atoms with Crippen molar-refractivity contribution in [2.24, 2.45) is 0 Å². The molecule has 0 unspecified atom stereocenters. The lowest BCUT2D eigenvalue weighted by Crippen LogP contribution is -2.56. The molecule has 0 radical (unpaired) electrons. The number of carbonyl (C=O) groups excluding carboxylic acids is 1. The van der Waals surface area contributed by atoms with Crippen LogP contribution in [0.3, 0.4) is 0 Å². The fourth-order valence-corrected chi connectivity index (χ4v) is 4.10. The molecule has 1 saturated heterocycles. The van der Waals surface area contributed by atoms with Crippen molar-refractivity contribution in [2.45, 2.75) is 25.8 Å². The molecule has 0 saturated carbocycles. The lowest BCUT2D eigenvalue weighted by Gasteiger charge is -2.45.